The first-order valence-corrected chi connectivity index (χ1v) is 10.3. The molecule has 3 N–H and O–H groups in total. The SMILES string of the molecule is CC(=O)NC[C@H]1CN(c2ccc(C3[C@H]4CS(O)(O)C[C@@H]34)cc2)C(=O)O1. The van der Waals surface area contributed by atoms with E-state index in [2.05, 4.69) is 5.32 Å². The van der Waals surface area contributed by atoms with Crippen LogP contribution >= 0.6 is 10.6 Å². The van der Waals surface area contributed by atoms with Crippen molar-refractivity contribution >= 4 is 28.3 Å². The molecule has 1 aromatic carbocycles. The Morgan fingerprint density at radius 2 is 1.92 bits per heavy atom. The number of carbonyl (C=O) groups excluding carboxylic acids is 2. The number of anilines is 1. The summed E-state index contributed by atoms with van der Waals surface area (Å²) in [4.78, 5) is 24.6. The van der Waals surface area contributed by atoms with Gasteiger partial charge in [-0.2, -0.15) is 10.6 Å². The Morgan fingerprint density at radius 1 is 1.28 bits per heavy atom. The minimum atomic E-state index is -2.33. The highest BCUT2D eigenvalue weighted by atomic mass is 32.3. The monoisotopic (exact) mass is 366 g/mol. The number of nitrogens with zero attached hydrogens (tertiary/aromatic N) is 1. The Bertz CT molecular complexity index is 693. The quantitative estimate of drug-likeness (QED) is 0.759. The second kappa shape index (κ2) is 5.89. The van der Waals surface area contributed by atoms with Crippen molar-refractivity contribution in [3.63, 3.8) is 0 Å². The summed E-state index contributed by atoms with van der Waals surface area (Å²) >= 11 is 0. The lowest BCUT2D eigenvalue weighted by molar-refractivity contribution is -0.119. The van der Waals surface area contributed by atoms with E-state index < -0.39 is 16.7 Å². The average Bonchev–Trinajstić information content (AvgIpc) is 2.89. The Labute approximate surface area is 147 Å². The van der Waals surface area contributed by atoms with Crippen molar-refractivity contribution in [2.24, 2.45) is 11.8 Å². The molecule has 1 saturated carbocycles. The van der Waals surface area contributed by atoms with Gasteiger partial charge in [0.15, 0.2) is 0 Å². The number of amides is 2. The van der Waals surface area contributed by atoms with Crippen molar-refractivity contribution in [2.75, 3.05) is 29.5 Å². The summed E-state index contributed by atoms with van der Waals surface area (Å²) in [6, 6.07) is 7.84. The molecule has 1 aromatic rings. The maximum Gasteiger partial charge on any atom is 0.414 e. The lowest BCUT2D eigenvalue weighted by Crippen LogP contribution is -2.33. The summed E-state index contributed by atoms with van der Waals surface area (Å²) in [5.41, 5.74) is 1.96. The summed E-state index contributed by atoms with van der Waals surface area (Å²) in [6.45, 7) is 2.15. The minimum Gasteiger partial charge on any atom is -0.442 e. The molecule has 1 unspecified atom stereocenters. The Kier molecular flexibility index (Phi) is 3.93. The molecule has 2 amide bonds. The van der Waals surface area contributed by atoms with Crippen LogP contribution in [-0.2, 0) is 9.53 Å². The van der Waals surface area contributed by atoms with Gasteiger partial charge in [0.1, 0.15) is 6.10 Å². The number of ether oxygens (including phenoxy) is 1. The van der Waals surface area contributed by atoms with Crippen LogP contribution in [0.25, 0.3) is 0 Å². The van der Waals surface area contributed by atoms with E-state index in [1.165, 1.54) is 12.5 Å². The van der Waals surface area contributed by atoms with Crippen LogP contribution in [0.5, 0.6) is 0 Å². The number of carbonyl (C=O) groups is 2. The lowest BCUT2D eigenvalue weighted by atomic mass is 10.1. The van der Waals surface area contributed by atoms with Gasteiger partial charge >= 0.3 is 6.09 Å². The highest BCUT2D eigenvalue weighted by Crippen LogP contribution is 2.69. The zero-order valence-electron chi connectivity index (χ0n) is 13.9. The number of cyclic esters (lactones) is 1. The van der Waals surface area contributed by atoms with Gasteiger partial charge in [0.05, 0.1) is 13.1 Å². The molecule has 4 rings (SSSR count). The van der Waals surface area contributed by atoms with Crippen LogP contribution in [0.4, 0.5) is 10.5 Å². The molecule has 0 bridgehead atoms. The first-order chi connectivity index (χ1) is 11.8. The van der Waals surface area contributed by atoms with Crippen LogP contribution in [-0.4, -0.2) is 51.8 Å². The number of hydrogen-bond donors (Lipinski definition) is 3. The predicted molar refractivity (Wildman–Crippen MR) is 95.0 cm³/mol. The van der Waals surface area contributed by atoms with Gasteiger partial charge in [0.2, 0.25) is 5.91 Å². The topological polar surface area (TPSA) is 99.1 Å². The lowest BCUT2D eigenvalue weighted by Gasteiger charge is -2.29. The number of benzene rings is 1. The Balaban J connectivity index is 1.38. The molecule has 4 atom stereocenters. The zero-order valence-corrected chi connectivity index (χ0v) is 14.7. The van der Waals surface area contributed by atoms with E-state index in [0.29, 0.717) is 42.3 Å². The van der Waals surface area contributed by atoms with E-state index in [9.17, 15) is 18.7 Å². The summed E-state index contributed by atoms with van der Waals surface area (Å²) in [6.07, 6.45) is -0.746. The van der Waals surface area contributed by atoms with Gasteiger partial charge in [-0.15, -0.1) is 0 Å². The van der Waals surface area contributed by atoms with Gasteiger partial charge in [-0.25, -0.2) is 4.79 Å². The van der Waals surface area contributed by atoms with Crippen molar-refractivity contribution in [3.05, 3.63) is 29.8 Å². The fourth-order valence-electron chi connectivity index (χ4n) is 4.05. The van der Waals surface area contributed by atoms with Gasteiger partial charge in [-0.05, 0) is 35.4 Å². The fraction of sp³-hybridized carbons (Fsp3) is 0.529. The first-order valence-electron chi connectivity index (χ1n) is 8.40. The third-order valence-electron chi connectivity index (χ3n) is 5.29. The molecule has 136 valence electrons. The maximum atomic E-state index is 12.0. The van der Waals surface area contributed by atoms with E-state index in [0.717, 1.165) is 5.69 Å². The second-order valence-electron chi connectivity index (χ2n) is 7.13. The summed E-state index contributed by atoms with van der Waals surface area (Å²) in [5.74, 6) is 2.07. The van der Waals surface area contributed by atoms with Crippen molar-refractivity contribution < 1.29 is 23.4 Å². The van der Waals surface area contributed by atoms with Crippen LogP contribution in [0.1, 0.15) is 18.4 Å². The van der Waals surface area contributed by atoms with Crippen LogP contribution < -0.4 is 10.2 Å². The molecule has 0 spiro atoms. The Morgan fingerprint density at radius 3 is 2.52 bits per heavy atom. The predicted octanol–water partition coefficient (Wildman–Crippen LogP) is 2.24. The smallest absolute Gasteiger partial charge is 0.414 e. The first kappa shape index (κ1) is 16.7. The highest BCUT2D eigenvalue weighted by Gasteiger charge is 2.58. The molecular weight excluding hydrogens is 344 g/mol. The van der Waals surface area contributed by atoms with Crippen LogP contribution in [0, 0.1) is 11.8 Å². The molecule has 1 aliphatic carbocycles. The molecular formula is C17H22N2O5S. The summed E-state index contributed by atoms with van der Waals surface area (Å²) in [7, 11) is -2.33. The number of fused-ring (bicyclic) bond motifs is 1. The molecule has 0 aromatic heterocycles. The van der Waals surface area contributed by atoms with Crippen molar-refractivity contribution in [1.29, 1.82) is 0 Å². The molecule has 2 saturated heterocycles. The van der Waals surface area contributed by atoms with Gasteiger partial charge in [0.25, 0.3) is 0 Å². The Hall–Kier alpha value is -1.77. The molecule has 8 heteroatoms. The minimum absolute atomic E-state index is 0.148. The molecule has 3 aliphatic rings. The molecule has 3 fully saturated rings. The normalized spacial score (nSPS) is 33.6. The van der Waals surface area contributed by atoms with E-state index in [4.69, 9.17) is 4.74 Å². The van der Waals surface area contributed by atoms with Crippen LogP contribution in [0.3, 0.4) is 0 Å². The highest BCUT2D eigenvalue weighted by molar-refractivity contribution is 8.24. The van der Waals surface area contributed by atoms with Crippen molar-refractivity contribution in [1.82, 2.24) is 5.32 Å². The van der Waals surface area contributed by atoms with Crippen molar-refractivity contribution in [3.8, 4) is 0 Å². The van der Waals surface area contributed by atoms with E-state index in [-0.39, 0.29) is 12.0 Å². The molecule has 2 aliphatic heterocycles. The second-order valence-corrected chi connectivity index (χ2v) is 9.40. The van der Waals surface area contributed by atoms with Gasteiger partial charge in [-0.1, -0.05) is 12.1 Å². The molecule has 25 heavy (non-hydrogen) atoms. The summed E-state index contributed by atoms with van der Waals surface area (Å²) < 4.78 is 24.7. The molecule has 2 heterocycles. The molecule has 7 nitrogen and oxygen atoms in total. The fourth-order valence-corrected chi connectivity index (χ4v) is 6.33. The number of nitrogens with one attached hydrogen (secondary N) is 1. The summed E-state index contributed by atoms with van der Waals surface area (Å²) in [5, 5.41) is 2.66. The van der Waals surface area contributed by atoms with Crippen LogP contribution in [0.2, 0.25) is 0 Å². The molecule has 0 radical (unpaired) electrons. The third-order valence-corrected chi connectivity index (χ3v) is 7.13. The van der Waals surface area contributed by atoms with Gasteiger partial charge in [-0.3, -0.25) is 18.8 Å². The van der Waals surface area contributed by atoms with Gasteiger partial charge in [0, 0.05) is 24.1 Å². The van der Waals surface area contributed by atoms with E-state index in [1.807, 2.05) is 24.3 Å². The largest absolute Gasteiger partial charge is 0.442 e. The third kappa shape index (κ3) is 3.21. The zero-order chi connectivity index (χ0) is 17.8. The van der Waals surface area contributed by atoms with Crippen LogP contribution in [0.15, 0.2) is 24.3 Å². The number of hydrogen-bond acceptors (Lipinski definition) is 5. The number of rotatable bonds is 4. The van der Waals surface area contributed by atoms with E-state index in [1.54, 1.807) is 4.90 Å². The van der Waals surface area contributed by atoms with E-state index >= 15 is 0 Å². The van der Waals surface area contributed by atoms with Gasteiger partial charge < -0.3 is 10.1 Å². The average molecular weight is 366 g/mol. The standard InChI is InChI=1S/C17H22N2O5S/c1-10(20)18-6-13-7-19(17(21)24-13)12-4-2-11(3-5-12)16-14-8-25(22,23)9-15(14)16/h2-5,13-16,22-23H,6-9H2,1H3,(H,18,20)/t13-,14-,15+,16?/m0/s1. The van der Waals surface area contributed by atoms with Crippen molar-refractivity contribution in [2.45, 2.75) is 18.9 Å². The maximum absolute atomic E-state index is 12.0.